The summed E-state index contributed by atoms with van der Waals surface area (Å²) in [6, 6.07) is 0.927. The van der Waals surface area contributed by atoms with E-state index in [1.807, 2.05) is 7.05 Å². The first kappa shape index (κ1) is 12.9. The number of hydrogen-bond donors (Lipinski definition) is 1. The summed E-state index contributed by atoms with van der Waals surface area (Å²) in [6.45, 7) is 7.90. The Hall–Kier alpha value is -0.160. The van der Waals surface area contributed by atoms with Crippen molar-refractivity contribution in [1.82, 2.24) is 10.2 Å². The van der Waals surface area contributed by atoms with Crippen LogP contribution in [0.25, 0.3) is 0 Å². The largest absolute Gasteiger partial charge is 0.383 e. The number of likely N-dealkylation sites (N-methyl/N-ethyl adjacent to an activating group) is 1. The molecule has 0 spiro atoms. The van der Waals surface area contributed by atoms with Crippen molar-refractivity contribution >= 4 is 0 Å². The van der Waals surface area contributed by atoms with Gasteiger partial charge in [0.25, 0.3) is 0 Å². The SMILES string of the molecule is CNCC(COC)N1CC(C)OCC1C. The molecule has 0 saturated carbocycles. The quantitative estimate of drug-likeness (QED) is 0.718. The van der Waals surface area contributed by atoms with Crippen LogP contribution in [0.4, 0.5) is 0 Å². The lowest BCUT2D eigenvalue weighted by Gasteiger charge is -2.41. The second-order valence-electron chi connectivity index (χ2n) is 4.36. The summed E-state index contributed by atoms with van der Waals surface area (Å²) >= 11 is 0. The van der Waals surface area contributed by atoms with Gasteiger partial charge in [-0.05, 0) is 20.9 Å². The first-order valence-electron chi connectivity index (χ1n) is 5.70. The van der Waals surface area contributed by atoms with E-state index in [2.05, 4.69) is 24.1 Å². The molecule has 1 saturated heterocycles. The van der Waals surface area contributed by atoms with Gasteiger partial charge in [-0.1, -0.05) is 0 Å². The van der Waals surface area contributed by atoms with Crippen molar-refractivity contribution in [1.29, 1.82) is 0 Å². The van der Waals surface area contributed by atoms with Crippen LogP contribution in [0, 0.1) is 0 Å². The molecule has 4 heteroatoms. The van der Waals surface area contributed by atoms with Gasteiger partial charge in [-0.3, -0.25) is 4.90 Å². The van der Waals surface area contributed by atoms with Gasteiger partial charge in [-0.25, -0.2) is 0 Å². The lowest BCUT2D eigenvalue weighted by atomic mass is 10.1. The summed E-state index contributed by atoms with van der Waals surface area (Å²) in [5.41, 5.74) is 0. The van der Waals surface area contributed by atoms with E-state index in [1.165, 1.54) is 0 Å². The molecule has 15 heavy (non-hydrogen) atoms. The van der Waals surface area contributed by atoms with Crippen molar-refractivity contribution in [3.05, 3.63) is 0 Å². The van der Waals surface area contributed by atoms with Crippen molar-refractivity contribution < 1.29 is 9.47 Å². The number of nitrogens with zero attached hydrogens (tertiary/aromatic N) is 1. The average Bonchev–Trinajstić information content (AvgIpc) is 2.21. The molecule has 3 atom stereocenters. The fourth-order valence-corrected chi connectivity index (χ4v) is 2.14. The lowest BCUT2D eigenvalue weighted by Crippen LogP contribution is -2.56. The minimum Gasteiger partial charge on any atom is -0.383 e. The Morgan fingerprint density at radius 1 is 1.53 bits per heavy atom. The summed E-state index contributed by atoms with van der Waals surface area (Å²) in [7, 11) is 3.74. The van der Waals surface area contributed by atoms with E-state index >= 15 is 0 Å². The van der Waals surface area contributed by atoms with E-state index in [1.54, 1.807) is 7.11 Å². The highest BCUT2D eigenvalue weighted by atomic mass is 16.5. The van der Waals surface area contributed by atoms with Gasteiger partial charge in [0.1, 0.15) is 0 Å². The van der Waals surface area contributed by atoms with Gasteiger partial charge in [-0.15, -0.1) is 0 Å². The maximum atomic E-state index is 5.62. The molecule has 0 aromatic rings. The van der Waals surface area contributed by atoms with Crippen LogP contribution < -0.4 is 5.32 Å². The molecule has 1 aliphatic heterocycles. The smallest absolute Gasteiger partial charge is 0.0674 e. The van der Waals surface area contributed by atoms with Crippen LogP contribution in [-0.2, 0) is 9.47 Å². The van der Waals surface area contributed by atoms with E-state index in [-0.39, 0.29) is 0 Å². The number of methoxy groups -OCH3 is 1. The fraction of sp³-hybridized carbons (Fsp3) is 1.00. The fourth-order valence-electron chi connectivity index (χ4n) is 2.14. The topological polar surface area (TPSA) is 33.7 Å². The summed E-state index contributed by atoms with van der Waals surface area (Å²) in [6.07, 6.45) is 0.331. The zero-order chi connectivity index (χ0) is 11.3. The summed E-state index contributed by atoms with van der Waals surface area (Å²) in [5.74, 6) is 0. The van der Waals surface area contributed by atoms with E-state index < -0.39 is 0 Å². The maximum absolute atomic E-state index is 5.62. The second kappa shape index (κ2) is 6.43. The maximum Gasteiger partial charge on any atom is 0.0674 e. The first-order chi connectivity index (χ1) is 7.19. The third-order valence-electron chi connectivity index (χ3n) is 2.92. The lowest BCUT2D eigenvalue weighted by molar-refractivity contribution is -0.0752. The van der Waals surface area contributed by atoms with E-state index in [0.29, 0.717) is 18.2 Å². The molecule has 1 heterocycles. The first-order valence-corrected chi connectivity index (χ1v) is 5.70. The minimum atomic E-state index is 0.331. The molecular weight excluding hydrogens is 192 g/mol. The highest BCUT2D eigenvalue weighted by Gasteiger charge is 2.29. The molecular formula is C11H24N2O2. The van der Waals surface area contributed by atoms with E-state index in [4.69, 9.17) is 9.47 Å². The van der Waals surface area contributed by atoms with Gasteiger partial charge in [0.15, 0.2) is 0 Å². The summed E-state index contributed by atoms with van der Waals surface area (Å²) in [4.78, 5) is 2.48. The van der Waals surface area contributed by atoms with Crippen molar-refractivity contribution in [2.75, 3.05) is 40.5 Å². The van der Waals surface area contributed by atoms with E-state index in [9.17, 15) is 0 Å². The molecule has 0 aromatic heterocycles. The summed E-state index contributed by atoms with van der Waals surface area (Å²) in [5, 5.41) is 3.22. The van der Waals surface area contributed by atoms with Gasteiger partial charge >= 0.3 is 0 Å². The molecule has 4 nitrogen and oxygen atoms in total. The Morgan fingerprint density at radius 3 is 2.87 bits per heavy atom. The van der Waals surface area contributed by atoms with E-state index in [0.717, 1.165) is 26.3 Å². The molecule has 1 aliphatic rings. The molecule has 0 amide bonds. The van der Waals surface area contributed by atoms with Gasteiger partial charge in [-0.2, -0.15) is 0 Å². The zero-order valence-electron chi connectivity index (χ0n) is 10.3. The molecule has 0 radical (unpaired) electrons. The Balaban J connectivity index is 2.54. The number of ether oxygens (including phenoxy) is 2. The Bertz CT molecular complexity index is 172. The van der Waals surface area contributed by atoms with Crippen molar-refractivity contribution in [2.24, 2.45) is 0 Å². The van der Waals surface area contributed by atoms with Crippen LogP contribution in [-0.4, -0.2) is 63.5 Å². The predicted octanol–water partition coefficient (Wildman–Crippen LogP) is 0.330. The molecule has 1 N–H and O–H groups in total. The highest BCUT2D eigenvalue weighted by molar-refractivity contribution is 4.82. The number of nitrogens with one attached hydrogen (secondary N) is 1. The van der Waals surface area contributed by atoms with Crippen molar-refractivity contribution in [3.63, 3.8) is 0 Å². The molecule has 0 aromatic carbocycles. The Labute approximate surface area is 92.9 Å². The third-order valence-corrected chi connectivity index (χ3v) is 2.92. The number of hydrogen-bond acceptors (Lipinski definition) is 4. The molecule has 3 unspecified atom stereocenters. The Morgan fingerprint density at radius 2 is 2.27 bits per heavy atom. The van der Waals surface area contributed by atoms with Gasteiger partial charge < -0.3 is 14.8 Å². The van der Waals surface area contributed by atoms with Gasteiger partial charge in [0.2, 0.25) is 0 Å². The van der Waals surface area contributed by atoms with Gasteiger partial charge in [0.05, 0.1) is 19.3 Å². The number of rotatable bonds is 5. The predicted molar refractivity (Wildman–Crippen MR) is 61.2 cm³/mol. The second-order valence-corrected chi connectivity index (χ2v) is 4.36. The van der Waals surface area contributed by atoms with Crippen LogP contribution >= 0.6 is 0 Å². The van der Waals surface area contributed by atoms with Crippen LogP contribution in [0.1, 0.15) is 13.8 Å². The highest BCUT2D eigenvalue weighted by Crippen LogP contribution is 2.14. The number of morpholine rings is 1. The van der Waals surface area contributed by atoms with Crippen LogP contribution in [0.2, 0.25) is 0 Å². The van der Waals surface area contributed by atoms with Gasteiger partial charge in [0, 0.05) is 32.3 Å². The van der Waals surface area contributed by atoms with Crippen LogP contribution in [0.3, 0.4) is 0 Å². The average molecular weight is 216 g/mol. The molecule has 90 valence electrons. The zero-order valence-corrected chi connectivity index (χ0v) is 10.3. The standard InChI is InChI=1S/C11H24N2O2/c1-9-7-15-10(2)6-13(9)11(5-12-3)8-14-4/h9-12H,5-8H2,1-4H3. The van der Waals surface area contributed by atoms with Crippen molar-refractivity contribution in [2.45, 2.75) is 32.0 Å². The Kier molecular flexibility index (Phi) is 5.53. The monoisotopic (exact) mass is 216 g/mol. The molecule has 1 fully saturated rings. The van der Waals surface area contributed by atoms with Crippen LogP contribution in [0.15, 0.2) is 0 Å². The minimum absolute atomic E-state index is 0.331. The third kappa shape index (κ3) is 3.72. The van der Waals surface area contributed by atoms with Crippen molar-refractivity contribution in [3.8, 4) is 0 Å². The molecule has 0 bridgehead atoms. The normalized spacial score (nSPS) is 30.4. The molecule has 0 aliphatic carbocycles. The van der Waals surface area contributed by atoms with Crippen LogP contribution in [0.5, 0.6) is 0 Å². The summed E-state index contributed by atoms with van der Waals surface area (Å²) < 4.78 is 10.9. The molecule has 1 rings (SSSR count).